The number of nitrogens with zero attached hydrogens (tertiary/aromatic N) is 1. The molecule has 1 atom stereocenters. The number of hydrogen-bond acceptors (Lipinski definition) is 3. The number of nitrogens with one attached hydrogen (secondary N) is 1. The molecule has 0 aliphatic carbocycles. The van der Waals surface area contributed by atoms with Crippen molar-refractivity contribution < 1.29 is 14.3 Å². The van der Waals surface area contributed by atoms with E-state index in [1.807, 2.05) is 12.1 Å². The Labute approximate surface area is 107 Å². The van der Waals surface area contributed by atoms with Crippen molar-refractivity contribution in [3.8, 4) is 0 Å². The van der Waals surface area contributed by atoms with E-state index >= 15 is 0 Å². The Morgan fingerprint density at radius 1 is 1.47 bits per heavy atom. The first-order valence-corrected chi connectivity index (χ1v) is 5.83. The van der Waals surface area contributed by atoms with Gasteiger partial charge in [-0.05, 0) is 24.3 Å². The molecule has 2 amide bonds. The lowest BCUT2D eigenvalue weighted by molar-refractivity contribution is -0.119. The average Bonchev–Trinajstić information content (AvgIpc) is 2.63. The highest BCUT2D eigenvalue weighted by atomic mass is 79.9. The van der Waals surface area contributed by atoms with Crippen molar-refractivity contribution in [3.05, 3.63) is 28.7 Å². The van der Waals surface area contributed by atoms with E-state index < -0.39 is 12.1 Å². The Balaban J connectivity index is 2.02. The van der Waals surface area contributed by atoms with E-state index in [1.54, 1.807) is 19.2 Å². The second kappa shape index (κ2) is 4.75. The molecule has 1 heterocycles. The number of rotatable bonds is 2. The Bertz CT molecular complexity index is 447. The number of benzene rings is 1. The third-order valence-electron chi connectivity index (χ3n) is 2.53. The number of halogens is 1. The van der Waals surface area contributed by atoms with Crippen molar-refractivity contribution in [2.24, 2.45) is 0 Å². The van der Waals surface area contributed by atoms with Crippen molar-refractivity contribution in [3.63, 3.8) is 0 Å². The fourth-order valence-electron chi connectivity index (χ4n) is 1.50. The van der Waals surface area contributed by atoms with Gasteiger partial charge < -0.3 is 10.1 Å². The first kappa shape index (κ1) is 11.9. The predicted molar refractivity (Wildman–Crippen MR) is 65.7 cm³/mol. The van der Waals surface area contributed by atoms with Gasteiger partial charge in [0.15, 0.2) is 0 Å². The minimum atomic E-state index is -0.564. The van der Waals surface area contributed by atoms with E-state index in [-0.39, 0.29) is 12.5 Å². The van der Waals surface area contributed by atoms with Crippen LogP contribution in [0.5, 0.6) is 0 Å². The molecule has 1 aliphatic rings. The number of ether oxygens (including phenoxy) is 1. The normalized spacial score (nSPS) is 19.1. The van der Waals surface area contributed by atoms with Gasteiger partial charge in [0.25, 0.3) is 5.91 Å². The van der Waals surface area contributed by atoms with Crippen LogP contribution >= 0.6 is 15.9 Å². The standard InChI is InChI=1S/C11H11BrN2O3/c1-14-9(6-17-11(14)16)10(15)13-8-4-2-7(12)3-5-8/h2-5,9H,6H2,1H3,(H,13,15). The van der Waals surface area contributed by atoms with Crippen LogP contribution in [0.1, 0.15) is 0 Å². The SMILES string of the molecule is CN1C(=O)OCC1C(=O)Nc1ccc(Br)cc1. The summed E-state index contributed by atoms with van der Waals surface area (Å²) in [6.07, 6.45) is -0.471. The molecule has 1 N–H and O–H groups in total. The molecular formula is C11H11BrN2O3. The highest BCUT2D eigenvalue weighted by molar-refractivity contribution is 9.10. The Kier molecular flexibility index (Phi) is 3.33. The molecule has 1 aromatic carbocycles. The van der Waals surface area contributed by atoms with Crippen LogP contribution in [-0.4, -0.2) is 36.6 Å². The van der Waals surface area contributed by atoms with Gasteiger partial charge in [-0.15, -0.1) is 0 Å². The molecule has 1 saturated heterocycles. The Morgan fingerprint density at radius 2 is 2.12 bits per heavy atom. The van der Waals surface area contributed by atoms with E-state index in [0.717, 1.165) is 4.47 Å². The quantitative estimate of drug-likeness (QED) is 0.906. The van der Waals surface area contributed by atoms with Crippen LogP contribution in [0.2, 0.25) is 0 Å². The lowest BCUT2D eigenvalue weighted by atomic mass is 10.2. The Morgan fingerprint density at radius 3 is 2.65 bits per heavy atom. The highest BCUT2D eigenvalue weighted by Gasteiger charge is 2.35. The summed E-state index contributed by atoms with van der Waals surface area (Å²) < 4.78 is 5.71. The van der Waals surface area contributed by atoms with E-state index in [2.05, 4.69) is 21.2 Å². The number of likely N-dealkylation sites (N-methyl/N-ethyl adjacent to an activating group) is 1. The molecule has 5 nitrogen and oxygen atoms in total. The van der Waals surface area contributed by atoms with Gasteiger partial charge >= 0.3 is 6.09 Å². The van der Waals surface area contributed by atoms with Crippen molar-refractivity contribution in [1.82, 2.24) is 4.90 Å². The summed E-state index contributed by atoms with van der Waals surface area (Å²) in [7, 11) is 1.54. The lowest BCUT2D eigenvalue weighted by Gasteiger charge is -2.15. The zero-order valence-corrected chi connectivity index (χ0v) is 10.7. The van der Waals surface area contributed by atoms with Gasteiger partial charge in [-0.25, -0.2) is 4.79 Å². The third kappa shape index (κ3) is 2.58. The van der Waals surface area contributed by atoms with Crippen molar-refractivity contribution in [2.75, 3.05) is 19.0 Å². The van der Waals surface area contributed by atoms with Gasteiger partial charge in [-0.3, -0.25) is 9.69 Å². The molecular weight excluding hydrogens is 288 g/mol. The lowest BCUT2D eigenvalue weighted by Crippen LogP contribution is -2.40. The van der Waals surface area contributed by atoms with Gasteiger partial charge in [0.2, 0.25) is 0 Å². The zero-order valence-electron chi connectivity index (χ0n) is 9.14. The largest absolute Gasteiger partial charge is 0.447 e. The average molecular weight is 299 g/mol. The first-order valence-electron chi connectivity index (χ1n) is 5.04. The van der Waals surface area contributed by atoms with E-state index in [4.69, 9.17) is 4.74 Å². The molecule has 1 aromatic rings. The topological polar surface area (TPSA) is 58.6 Å². The van der Waals surface area contributed by atoms with Gasteiger partial charge in [0.05, 0.1) is 0 Å². The van der Waals surface area contributed by atoms with Gasteiger partial charge in [-0.1, -0.05) is 15.9 Å². The summed E-state index contributed by atoms with van der Waals surface area (Å²) in [5.74, 6) is -0.249. The smallest absolute Gasteiger partial charge is 0.410 e. The summed E-state index contributed by atoms with van der Waals surface area (Å²) in [4.78, 5) is 24.2. The van der Waals surface area contributed by atoms with Gasteiger partial charge in [-0.2, -0.15) is 0 Å². The molecule has 6 heteroatoms. The van der Waals surface area contributed by atoms with Crippen LogP contribution in [0.4, 0.5) is 10.5 Å². The van der Waals surface area contributed by atoms with Crippen LogP contribution < -0.4 is 5.32 Å². The molecule has 0 aromatic heterocycles. The minimum absolute atomic E-state index is 0.0949. The summed E-state index contributed by atoms with van der Waals surface area (Å²) in [6, 6.07) is 6.65. The molecule has 0 spiro atoms. The molecule has 17 heavy (non-hydrogen) atoms. The third-order valence-corrected chi connectivity index (χ3v) is 3.06. The maximum Gasteiger partial charge on any atom is 0.410 e. The minimum Gasteiger partial charge on any atom is -0.447 e. The van der Waals surface area contributed by atoms with Crippen LogP contribution in [0.3, 0.4) is 0 Å². The molecule has 1 aliphatic heterocycles. The second-order valence-corrected chi connectivity index (χ2v) is 4.62. The molecule has 0 saturated carbocycles. The number of carbonyl (C=O) groups excluding carboxylic acids is 2. The molecule has 90 valence electrons. The molecule has 2 rings (SSSR count). The summed E-state index contributed by atoms with van der Waals surface area (Å²) in [6.45, 7) is 0.0949. The molecule has 1 unspecified atom stereocenters. The van der Waals surface area contributed by atoms with Gasteiger partial charge in [0, 0.05) is 17.2 Å². The number of anilines is 1. The summed E-state index contributed by atoms with van der Waals surface area (Å²) in [5.41, 5.74) is 0.686. The predicted octanol–water partition coefficient (Wildman–Crippen LogP) is 1.84. The van der Waals surface area contributed by atoms with Gasteiger partial charge in [0.1, 0.15) is 12.6 Å². The van der Waals surface area contributed by atoms with Crippen molar-refractivity contribution in [2.45, 2.75) is 6.04 Å². The first-order chi connectivity index (χ1) is 8.08. The number of hydrogen-bond donors (Lipinski definition) is 1. The van der Waals surface area contributed by atoms with E-state index in [9.17, 15) is 9.59 Å². The monoisotopic (exact) mass is 298 g/mol. The zero-order chi connectivity index (χ0) is 12.4. The van der Waals surface area contributed by atoms with Crippen LogP contribution in [0.25, 0.3) is 0 Å². The second-order valence-electron chi connectivity index (χ2n) is 3.70. The maximum absolute atomic E-state index is 11.9. The number of cyclic esters (lactones) is 1. The van der Waals surface area contributed by atoms with E-state index in [1.165, 1.54) is 4.90 Å². The highest BCUT2D eigenvalue weighted by Crippen LogP contribution is 2.16. The fraction of sp³-hybridized carbons (Fsp3) is 0.273. The van der Waals surface area contributed by atoms with Crippen LogP contribution in [-0.2, 0) is 9.53 Å². The molecule has 0 radical (unpaired) electrons. The summed E-state index contributed by atoms with van der Waals surface area (Å²) in [5, 5.41) is 2.73. The number of carbonyl (C=O) groups is 2. The van der Waals surface area contributed by atoms with Crippen molar-refractivity contribution in [1.29, 1.82) is 0 Å². The van der Waals surface area contributed by atoms with Crippen LogP contribution in [0, 0.1) is 0 Å². The molecule has 0 bridgehead atoms. The molecule has 1 fully saturated rings. The fourth-order valence-corrected chi connectivity index (χ4v) is 1.77. The number of amides is 2. The Hall–Kier alpha value is -1.56. The van der Waals surface area contributed by atoms with E-state index in [0.29, 0.717) is 5.69 Å². The maximum atomic E-state index is 11.9. The summed E-state index contributed by atoms with van der Waals surface area (Å²) >= 11 is 3.31. The van der Waals surface area contributed by atoms with Crippen LogP contribution in [0.15, 0.2) is 28.7 Å². The van der Waals surface area contributed by atoms with Crippen molar-refractivity contribution >= 4 is 33.6 Å².